The molecule has 0 heterocycles. The van der Waals surface area contributed by atoms with Crippen LogP contribution in [0.5, 0.6) is 0 Å². The van der Waals surface area contributed by atoms with Crippen molar-refractivity contribution in [3.8, 4) is 0 Å². The van der Waals surface area contributed by atoms with Gasteiger partial charge in [0.1, 0.15) is 11.9 Å². The van der Waals surface area contributed by atoms with Gasteiger partial charge in [-0.2, -0.15) is 0 Å². The fourth-order valence-electron chi connectivity index (χ4n) is 3.60. The number of rotatable bonds is 8. The van der Waals surface area contributed by atoms with Crippen molar-refractivity contribution in [2.45, 2.75) is 32.4 Å². The lowest BCUT2D eigenvalue weighted by Crippen LogP contribution is -2.50. The van der Waals surface area contributed by atoms with Crippen molar-refractivity contribution in [3.05, 3.63) is 107 Å². The van der Waals surface area contributed by atoms with Crippen LogP contribution in [0.25, 0.3) is 0 Å². The van der Waals surface area contributed by atoms with E-state index in [1.807, 2.05) is 61.5 Å². The number of amides is 2. The quantitative estimate of drug-likeness (QED) is 0.600. The van der Waals surface area contributed by atoms with E-state index in [4.69, 9.17) is 0 Å². The summed E-state index contributed by atoms with van der Waals surface area (Å²) in [5, 5.41) is 2.67. The summed E-state index contributed by atoms with van der Waals surface area (Å²) in [4.78, 5) is 27.8. The maximum absolute atomic E-state index is 14.4. The maximum Gasteiger partial charge on any atom is 0.242 e. The minimum atomic E-state index is -0.761. The average molecular weight is 419 g/mol. The number of hydrogen-bond donors (Lipinski definition) is 1. The molecule has 1 N–H and O–H groups in total. The molecule has 5 heteroatoms. The Balaban J connectivity index is 1.97. The first-order valence-electron chi connectivity index (χ1n) is 10.3. The highest BCUT2D eigenvalue weighted by molar-refractivity contribution is 5.88. The van der Waals surface area contributed by atoms with E-state index >= 15 is 0 Å². The molecular weight excluding hydrogens is 391 g/mol. The van der Waals surface area contributed by atoms with E-state index in [2.05, 4.69) is 5.32 Å². The molecule has 31 heavy (non-hydrogen) atoms. The van der Waals surface area contributed by atoms with Gasteiger partial charge in [-0.25, -0.2) is 4.39 Å². The zero-order valence-electron chi connectivity index (χ0n) is 17.8. The van der Waals surface area contributed by atoms with E-state index in [1.54, 1.807) is 25.2 Å². The third-order valence-electron chi connectivity index (χ3n) is 5.42. The van der Waals surface area contributed by atoms with Gasteiger partial charge in [0.2, 0.25) is 11.8 Å². The Kier molecular flexibility index (Phi) is 7.55. The van der Waals surface area contributed by atoms with E-state index in [1.165, 1.54) is 11.0 Å². The van der Waals surface area contributed by atoms with Crippen LogP contribution >= 0.6 is 0 Å². The number of carbonyl (C=O) groups is 2. The molecule has 3 rings (SSSR count). The summed E-state index contributed by atoms with van der Waals surface area (Å²) in [6, 6.07) is 22.8. The predicted octanol–water partition coefficient (Wildman–Crippen LogP) is 4.06. The number of aryl methyl sites for hydroxylation is 1. The van der Waals surface area contributed by atoms with Crippen molar-refractivity contribution >= 4 is 11.8 Å². The molecule has 3 aromatic carbocycles. The van der Waals surface area contributed by atoms with Gasteiger partial charge < -0.3 is 10.2 Å². The Morgan fingerprint density at radius 1 is 0.903 bits per heavy atom. The van der Waals surface area contributed by atoms with Gasteiger partial charge in [-0.3, -0.25) is 9.59 Å². The fourth-order valence-corrected chi connectivity index (χ4v) is 3.60. The fraction of sp³-hybridized carbons (Fsp3) is 0.231. The summed E-state index contributed by atoms with van der Waals surface area (Å²) >= 11 is 0. The maximum atomic E-state index is 14.4. The standard InChI is InChI=1S/C26H27FN2O2/c1-19-10-6-7-13-21(19)17-25(30)29(18-22-14-8-9-15-23(22)27)24(26(31)28-2)16-20-11-4-3-5-12-20/h3-15,24H,16-18H2,1-2H3,(H,28,31)/t24-/m0/s1. The lowest BCUT2D eigenvalue weighted by Gasteiger charge is -2.31. The zero-order valence-corrected chi connectivity index (χ0v) is 17.8. The molecule has 0 saturated carbocycles. The van der Waals surface area contributed by atoms with Gasteiger partial charge in [0.15, 0.2) is 0 Å². The van der Waals surface area contributed by atoms with E-state index in [0.717, 1.165) is 16.7 Å². The van der Waals surface area contributed by atoms with Crippen LogP contribution < -0.4 is 5.32 Å². The monoisotopic (exact) mass is 418 g/mol. The smallest absolute Gasteiger partial charge is 0.242 e. The molecule has 0 aliphatic heterocycles. The summed E-state index contributed by atoms with van der Waals surface area (Å²) in [6.45, 7) is 1.96. The van der Waals surface area contributed by atoms with Gasteiger partial charge in [0.05, 0.1) is 6.42 Å². The second-order valence-electron chi connectivity index (χ2n) is 7.54. The molecule has 4 nitrogen and oxygen atoms in total. The first-order valence-corrected chi connectivity index (χ1v) is 10.3. The Morgan fingerprint density at radius 3 is 2.16 bits per heavy atom. The Bertz CT molecular complexity index is 1040. The van der Waals surface area contributed by atoms with E-state index in [0.29, 0.717) is 12.0 Å². The second kappa shape index (κ2) is 10.5. The van der Waals surface area contributed by atoms with Gasteiger partial charge in [0, 0.05) is 25.6 Å². The summed E-state index contributed by atoms with van der Waals surface area (Å²) in [5.41, 5.74) is 3.20. The van der Waals surface area contributed by atoms with Gasteiger partial charge in [-0.1, -0.05) is 72.8 Å². The molecule has 0 spiro atoms. The van der Waals surface area contributed by atoms with Crippen LogP contribution in [0.1, 0.15) is 22.3 Å². The molecule has 0 bridgehead atoms. The highest BCUT2D eigenvalue weighted by Crippen LogP contribution is 2.19. The Morgan fingerprint density at radius 2 is 1.52 bits per heavy atom. The highest BCUT2D eigenvalue weighted by atomic mass is 19.1. The second-order valence-corrected chi connectivity index (χ2v) is 7.54. The first kappa shape index (κ1) is 22.2. The molecule has 0 aromatic heterocycles. The molecule has 0 saturated heterocycles. The number of carbonyl (C=O) groups excluding carboxylic acids is 2. The summed E-state index contributed by atoms with van der Waals surface area (Å²) in [5.74, 6) is -0.896. The number of nitrogens with one attached hydrogen (secondary N) is 1. The molecule has 3 aromatic rings. The van der Waals surface area contributed by atoms with Gasteiger partial charge in [-0.05, 0) is 29.7 Å². The molecule has 0 aliphatic rings. The van der Waals surface area contributed by atoms with Gasteiger partial charge in [0.25, 0.3) is 0 Å². The highest BCUT2D eigenvalue weighted by Gasteiger charge is 2.30. The third kappa shape index (κ3) is 5.79. The van der Waals surface area contributed by atoms with Crippen molar-refractivity contribution in [2.24, 2.45) is 0 Å². The van der Waals surface area contributed by atoms with E-state index in [9.17, 15) is 14.0 Å². The van der Waals surface area contributed by atoms with E-state index in [-0.39, 0.29) is 24.8 Å². The molecule has 0 fully saturated rings. The van der Waals surface area contributed by atoms with Crippen LogP contribution in [0.4, 0.5) is 4.39 Å². The van der Waals surface area contributed by atoms with Gasteiger partial charge >= 0.3 is 0 Å². The molecule has 0 radical (unpaired) electrons. The topological polar surface area (TPSA) is 49.4 Å². The lowest BCUT2D eigenvalue weighted by molar-refractivity contribution is -0.140. The molecule has 1 atom stereocenters. The summed E-state index contributed by atoms with van der Waals surface area (Å²) < 4.78 is 14.4. The average Bonchev–Trinajstić information content (AvgIpc) is 2.79. The van der Waals surface area contributed by atoms with Crippen LogP contribution in [0.3, 0.4) is 0 Å². The van der Waals surface area contributed by atoms with Crippen molar-refractivity contribution in [1.82, 2.24) is 10.2 Å². The van der Waals surface area contributed by atoms with Crippen molar-refractivity contribution in [1.29, 1.82) is 0 Å². The van der Waals surface area contributed by atoms with Crippen molar-refractivity contribution < 1.29 is 14.0 Å². The SMILES string of the molecule is CNC(=O)[C@H](Cc1ccccc1)N(Cc1ccccc1F)C(=O)Cc1ccccc1C. The van der Waals surface area contributed by atoms with Crippen LogP contribution in [0.15, 0.2) is 78.9 Å². The molecule has 0 aliphatic carbocycles. The lowest BCUT2D eigenvalue weighted by atomic mass is 10.0. The summed E-state index contributed by atoms with van der Waals surface area (Å²) in [7, 11) is 1.55. The van der Waals surface area contributed by atoms with Crippen LogP contribution in [-0.2, 0) is 29.0 Å². The number of halogens is 1. The zero-order chi connectivity index (χ0) is 22.2. The molecule has 160 valence electrons. The van der Waals surface area contributed by atoms with Gasteiger partial charge in [-0.15, -0.1) is 0 Å². The van der Waals surface area contributed by atoms with Crippen molar-refractivity contribution in [2.75, 3.05) is 7.05 Å². The Hall–Kier alpha value is -3.47. The minimum Gasteiger partial charge on any atom is -0.357 e. The van der Waals surface area contributed by atoms with E-state index < -0.39 is 11.9 Å². The number of likely N-dealkylation sites (N-methyl/N-ethyl adjacent to an activating group) is 1. The first-order chi connectivity index (χ1) is 15.0. The number of benzene rings is 3. The normalized spacial score (nSPS) is 11.6. The third-order valence-corrected chi connectivity index (χ3v) is 5.42. The summed E-state index contributed by atoms with van der Waals surface area (Å²) in [6.07, 6.45) is 0.484. The van der Waals surface area contributed by atoms with Crippen LogP contribution in [-0.4, -0.2) is 29.8 Å². The molecule has 2 amide bonds. The largest absolute Gasteiger partial charge is 0.357 e. The number of hydrogen-bond acceptors (Lipinski definition) is 2. The van der Waals surface area contributed by atoms with Crippen molar-refractivity contribution in [3.63, 3.8) is 0 Å². The van der Waals surface area contributed by atoms with Crippen LogP contribution in [0.2, 0.25) is 0 Å². The predicted molar refractivity (Wildman–Crippen MR) is 120 cm³/mol. The number of nitrogens with zero attached hydrogens (tertiary/aromatic N) is 1. The van der Waals surface area contributed by atoms with Crippen LogP contribution in [0, 0.1) is 12.7 Å². The minimum absolute atomic E-state index is 0.0162. The molecule has 0 unspecified atom stereocenters. The Labute approximate surface area is 182 Å². The molecular formula is C26H27FN2O2.